The van der Waals surface area contributed by atoms with Gasteiger partial charge in [-0.2, -0.15) is 9.62 Å². The van der Waals surface area contributed by atoms with Crippen molar-refractivity contribution in [3.63, 3.8) is 0 Å². The Balaban J connectivity index is 1.69. The summed E-state index contributed by atoms with van der Waals surface area (Å²) in [6.07, 6.45) is 3.29. The average molecular weight is 318 g/mol. The topological polar surface area (TPSA) is 76.7 Å². The zero-order valence-electron chi connectivity index (χ0n) is 12.9. The molecule has 4 aromatic rings. The summed E-state index contributed by atoms with van der Waals surface area (Å²) in [5.41, 5.74) is 4.64. The van der Waals surface area contributed by atoms with Gasteiger partial charge in [-0.25, -0.2) is 0 Å². The van der Waals surface area contributed by atoms with Crippen LogP contribution in [0.1, 0.15) is 5.56 Å². The Bertz CT molecular complexity index is 1040. The van der Waals surface area contributed by atoms with E-state index < -0.39 is 0 Å². The van der Waals surface area contributed by atoms with E-state index in [0.717, 1.165) is 22.1 Å². The van der Waals surface area contributed by atoms with Gasteiger partial charge in [0.05, 0.1) is 13.3 Å². The van der Waals surface area contributed by atoms with Gasteiger partial charge in [0.15, 0.2) is 11.5 Å². The van der Waals surface area contributed by atoms with Crippen LogP contribution in [-0.2, 0) is 0 Å². The van der Waals surface area contributed by atoms with Crippen molar-refractivity contribution in [2.75, 3.05) is 12.5 Å². The lowest BCUT2D eigenvalue weighted by Gasteiger charge is -2.06. The van der Waals surface area contributed by atoms with E-state index in [1.807, 2.05) is 48.5 Å². The number of fused-ring (bicyclic) bond motifs is 3. The van der Waals surface area contributed by atoms with Gasteiger partial charge in [0.2, 0.25) is 0 Å². The molecule has 0 amide bonds. The summed E-state index contributed by atoms with van der Waals surface area (Å²) in [6.45, 7) is 0. The van der Waals surface area contributed by atoms with Crippen molar-refractivity contribution < 1.29 is 4.74 Å². The Morgan fingerprint density at radius 1 is 1.12 bits per heavy atom. The van der Waals surface area contributed by atoms with Gasteiger partial charge in [0, 0.05) is 10.8 Å². The first-order valence-electron chi connectivity index (χ1n) is 7.37. The minimum Gasteiger partial charge on any atom is -0.497 e. The highest BCUT2D eigenvalue weighted by Gasteiger charge is 2.08. The van der Waals surface area contributed by atoms with Gasteiger partial charge in [-0.1, -0.05) is 36.4 Å². The van der Waals surface area contributed by atoms with Crippen LogP contribution in [0.2, 0.25) is 0 Å². The zero-order valence-corrected chi connectivity index (χ0v) is 12.9. The maximum absolute atomic E-state index is 5.20. The number of anilines is 1. The Kier molecular flexibility index (Phi) is 3.51. The monoisotopic (exact) mass is 318 g/mol. The fraction of sp³-hybridized carbons (Fsp3) is 0.0588. The van der Waals surface area contributed by atoms with E-state index in [4.69, 9.17) is 4.74 Å². The van der Waals surface area contributed by atoms with E-state index in [1.165, 1.54) is 0 Å². The zero-order chi connectivity index (χ0) is 16.4. The molecule has 0 atom stereocenters. The summed E-state index contributed by atoms with van der Waals surface area (Å²) in [6, 6.07) is 15.5. The van der Waals surface area contributed by atoms with Crippen molar-refractivity contribution in [2.24, 2.45) is 5.10 Å². The molecule has 2 heterocycles. The van der Waals surface area contributed by atoms with Crippen LogP contribution in [-0.4, -0.2) is 33.1 Å². The SMILES string of the molecule is COc1cccc(/C=N/Nc2nn3cnnc3c3ccccc23)c1. The smallest absolute Gasteiger partial charge is 0.185 e. The van der Waals surface area contributed by atoms with E-state index in [2.05, 4.69) is 25.8 Å². The van der Waals surface area contributed by atoms with Crippen LogP contribution < -0.4 is 10.2 Å². The molecule has 1 N–H and O–H groups in total. The Morgan fingerprint density at radius 2 is 2.00 bits per heavy atom. The molecule has 0 spiro atoms. The Hall–Kier alpha value is -3.48. The molecule has 2 aromatic carbocycles. The van der Waals surface area contributed by atoms with Gasteiger partial charge in [-0.05, 0) is 17.7 Å². The first-order chi connectivity index (χ1) is 11.8. The number of aromatic nitrogens is 4. The van der Waals surface area contributed by atoms with Crippen molar-refractivity contribution in [3.8, 4) is 5.75 Å². The first-order valence-corrected chi connectivity index (χ1v) is 7.37. The van der Waals surface area contributed by atoms with Crippen LogP contribution in [0.5, 0.6) is 5.75 Å². The quantitative estimate of drug-likeness (QED) is 0.462. The van der Waals surface area contributed by atoms with E-state index in [-0.39, 0.29) is 0 Å². The highest BCUT2D eigenvalue weighted by molar-refractivity contribution is 5.99. The molecular weight excluding hydrogens is 304 g/mol. The highest BCUT2D eigenvalue weighted by Crippen LogP contribution is 2.23. The lowest BCUT2D eigenvalue weighted by molar-refractivity contribution is 0.415. The fourth-order valence-electron chi connectivity index (χ4n) is 2.50. The van der Waals surface area contributed by atoms with Crippen LogP contribution in [0.15, 0.2) is 60.0 Å². The van der Waals surface area contributed by atoms with Gasteiger partial charge >= 0.3 is 0 Å². The number of hydrogen-bond acceptors (Lipinski definition) is 6. The van der Waals surface area contributed by atoms with E-state index in [0.29, 0.717) is 11.5 Å². The molecule has 24 heavy (non-hydrogen) atoms. The molecule has 0 aliphatic heterocycles. The maximum Gasteiger partial charge on any atom is 0.185 e. The molecule has 0 saturated heterocycles. The maximum atomic E-state index is 5.20. The third kappa shape index (κ3) is 2.52. The van der Waals surface area contributed by atoms with Gasteiger partial charge < -0.3 is 4.74 Å². The molecule has 4 rings (SSSR count). The number of ether oxygens (including phenoxy) is 1. The molecule has 0 aliphatic rings. The second kappa shape index (κ2) is 5.96. The summed E-state index contributed by atoms with van der Waals surface area (Å²) in [7, 11) is 1.64. The van der Waals surface area contributed by atoms with Crippen LogP contribution in [0, 0.1) is 0 Å². The summed E-state index contributed by atoms with van der Waals surface area (Å²) in [5.74, 6) is 1.42. The number of hydrazone groups is 1. The number of rotatable bonds is 4. The van der Waals surface area contributed by atoms with Crippen LogP contribution >= 0.6 is 0 Å². The number of hydrogen-bond donors (Lipinski definition) is 1. The van der Waals surface area contributed by atoms with Gasteiger partial charge in [-0.3, -0.25) is 5.43 Å². The molecule has 0 radical (unpaired) electrons. The van der Waals surface area contributed by atoms with Crippen LogP contribution in [0.25, 0.3) is 16.4 Å². The second-order valence-electron chi connectivity index (χ2n) is 5.14. The largest absolute Gasteiger partial charge is 0.497 e. The normalized spacial score (nSPS) is 11.4. The van der Waals surface area contributed by atoms with Crippen molar-refractivity contribution >= 4 is 28.5 Å². The number of methoxy groups -OCH3 is 1. The van der Waals surface area contributed by atoms with E-state index in [9.17, 15) is 0 Å². The third-order valence-electron chi connectivity index (χ3n) is 3.64. The second-order valence-corrected chi connectivity index (χ2v) is 5.14. The number of benzene rings is 2. The van der Waals surface area contributed by atoms with Crippen molar-refractivity contribution in [1.29, 1.82) is 0 Å². The minimum atomic E-state index is 0.636. The van der Waals surface area contributed by atoms with Crippen LogP contribution in [0.4, 0.5) is 5.82 Å². The highest BCUT2D eigenvalue weighted by atomic mass is 16.5. The standard InChI is InChI=1S/C17H14N6O/c1-24-13-6-4-5-12(9-13)10-18-20-16-14-7-2-3-8-15(14)17-21-19-11-23(17)22-16/h2-11H,1H3,(H,20,22)/b18-10+. The number of nitrogens with zero attached hydrogens (tertiary/aromatic N) is 5. The first kappa shape index (κ1) is 14.1. The summed E-state index contributed by atoms with van der Waals surface area (Å²) in [5, 5.41) is 18.7. The van der Waals surface area contributed by atoms with Gasteiger partial charge in [-0.15, -0.1) is 15.3 Å². The molecule has 118 valence electrons. The molecule has 7 heteroatoms. The summed E-state index contributed by atoms with van der Waals surface area (Å²) >= 11 is 0. The summed E-state index contributed by atoms with van der Waals surface area (Å²) in [4.78, 5) is 0. The van der Waals surface area contributed by atoms with Crippen molar-refractivity contribution in [2.45, 2.75) is 0 Å². The summed E-state index contributed by atoms with van der Waals surface area (Å²) < 4.78 is 6.84. The molecule has 0 unspecified atom stereocenters. The molecule has 0 saturated carbocycles. The van der Waals surface area contributed by atoms with Crippen molar-refractivity contribution in [3.05, 3.63) is 60.4 Å². The van der Waals surface area contributed by atoms with Crippen LogP contribution in [0.3, 0.4) is 0 Å². The van der Waals surface area contributed by atoms with Gasteiger partial charge in [0.25, 0.3) is 0 Å². The van der Waals surface area contributed by atoms with E-state index in [1.54, 1.807) is 24.2 Å². The fourth-order valence-corrected chi connectivity index (χ4v) is 2.50. The number of nitrogens with one attached hydrogen (secondary N) is 1. The Morgan fingerprint density at radius 3 is 2.88 bits per heavy atom. The predicted molar refractivity (Wildman–Crippen MR) is 92.5 cm³/mol. The minimum absolute atomic E-state index is 0.636. The third-order valence-corrected chi connectivity index (χ3v) is 3.64. The average Bonchev–Trinajstić information content (AvgIpc) is 3.11. The molecule has 2 aromatic heterocycles. The Labute approximate surface area is 137 Å². The van der Waals surface area contributed by atoms with Crippen molar-refractivity contribution in [1.82, 2.24) is 19.8 Å². The molecular formula is C17H14N6O. The lowest BCUT2D eigenvalue weighted by Crippen LogP contribution is -2.00. The van der Waals surface area contributed by atoms with Gasteiger partial charge in [0.1, 0.15) is 12.1 Å². The van der Waals surface area contributed by atoms with E-state index >= 15 is 0 Å². The predicted octanol–water partition coefficient (Wildman–Crippen LogP) is 2.73. The molecule has 0 aliphatic carbocycles. The lowest BCUT2D eigenvalue weighted by atomic mass is 10.2. The molecule has 0 fully saturated rings. The molecule has 7 nitrogen and oxygen atoms in total. The molecule has 0 bridgehead atoms.